The van der Waals surface area contributed by atoms with Crippen LogP contribution in [0.2, 0.25) is 0 Å². The molecule has 2 aliphatic heterocycles. The second kappa shape index (κ2) is 6.94. The fourth-order valence-corrected chi connectivity index (χ4v) is 3.71. The minimum absolute atomic E-state index is 0.00123. The number of aryl methyl sites for hydroxylation is 1. The van der Waals surface area contributed by atoms with Crippen molar-refractivity contribution in [1.82, 2.24) is 20.2 Å². The minimum Gasteiger partial charge on any atom is -0.497 e. The second-order valence-corrected chi connectivity index (χ2v) is 6.98. The van der Waals surface area contributed by atoms with Gasteiger partial charge in [-0.2, -0.15) is 0 Å². The van der Waals surface area contributed by atoms with E-state index in [1.165, 1.54) is 0 Å². The summed E-state index contributed by atoms with van der Waals surface area (Å²) in [6.07, 6.45) is 1.04. The van der Waals surface area contributed by atoms with E-state index in [0.29, 0.717) is 31.8 Å². The van der Waals surface area contributed by atoms with E-state index >= 15 is 0 Å². The van der Waals surface area contributed by atoms with E-state index < -0.39 is 0 Å². The summed E-state index contributed by atoms with van der Waals surface area (Å²) >= 11 is 0. The van der Waals surface area contributed by atoms with Crippen molar-refractivity contribution in [3.63, 3.8) is 0 Å². The standard InChI is InChI=1S/C19H23N5O3/c1-12-20-16-6-7-23(11-17(16)21-12)19(26)22-13-8-18(25)24(10-13)14-4-3-5-15(9-14)27-2/h3-5,9,13H,6-8,10-11H2,1-2H3,(H,20,21)(H,22,26)/t13-/m1/s1. The van der Waals surface area contributed by atoms with Crippen LogP contribution in [0.15, 0.2) is 24.3 Å². The van der Waals surface area contributed by atoms with E-state index in [4.69, 9.17) is 4.74 Å². The van der Waals surface area contributed by atoms with Gasteiger partial charge >= 0.3 is 6.03 Å². The number of amides is 3. The van der Waals surface area contributed by atoms with Crippen molar-refractivity contribution >= 4 is 17.6 Å². The zero-order valence-electron chi connectivity index (χ0n) is 15.5. The number of benzene rings is 1. The summed E-state index contributed by atoms with van der Waals surface area (Å²) in [7, 11) is 1.60. The Morgan fingerprint density at radius 3 is 3.07 bits per heavy atom. The van der Waals surface area contributed by atoms with Crippen molar-refractivity contribution in [1.29, 1.82) is 0 Å². The third-order valence-corrected chi connectivity index (χ3v) is 5.06. The highest BCUT2D eigenvalue weighted by Gasteiger charge is 2.33. The van der Waals surface area contributed by atoms with E-state index in [0.717, 1.165) is 29.3 Å². The molecule has 0 bridgehead atoms. The molecule has 3 heterocycles. The molecule has 2 aliphatic rings. The first-order valence-electron chi connectivity index (χ1n) is 9.07. The zero-order chi connectivity index (χ0) is 19.0. The van der Waals surface area contributed by atoms with E-state index in [-0.39, 0.29) is 18.0 Å². The molecule has 8 heteroatoms. The van der Waals surface area contributed by atoms with E-state index in [1.54, 1.807) is 16.9 Å². The molecule has 1 fully saturated rings. The number of hydrogen-bond acceptors (Lipinski definition) is 4. The minimum atomic E-state index is -0.207. The van der Waals surface area contributed by atoms with Crippen LogP contribution in [0.5, 0.6) is 5.75 Å². The van der Waals surface area contributed by atoms with Gasteiger partial charge in [-0.15, -0.1) is 0 Å². The highest BCUT2D eigenvalue weighted by molar-refractivity contribution is 5.97. The van der Waals surface area contributed by atoms with Crippen LogP contribution < -0.4 is 15.0 Å². The van der Waals surface area contributed by atoms with Crippen LogP contribution in [0.1, 0.15) is 23.6 Å². The van der Waals surface area contributed by atoms with Gasteiger partial charge in [0.05, 0.1) is 31.1 Å². The Bertz CT molecular complexity index is 878. The molecule has 0 unspecified atom stereocenters. The number of ether oxygens (including phenoxy) is 1. The van der Waals surface area contributed by atoms with Gasteiger partial charge in [-0.1, -0.05) is 6.07 Å². The van der Waals surface area contributed by atoms with Crippen molar-refractivity contribution in [3.05, 3.63) is 41.5 Å². The number of rotatable bonds is 3. The van der Waals surface area contributed by atoms with Crippen LogP contribution in [0, 0.1) is 6.92 Å². The first-order chi connectivity index (χ1) is 13.0. The summed E-state index contributed by atoms with van der Waals surface area (Å²) in [4.78, 5) is 36.2. The smallest absolute Gasteiger partial charge is 0.318 e. The number of methoxy groups -OCH3 is 1. The van der Waals surface area contributed by atoms with Crippen molar-refractivity contribution < 1.29 is 14.3 Å². The lowest BCUT2D eigenvalue weighted by molar-refractivity contribution is -0.117. The molecule has 4 rings (SSSR count). The molecule has 1 saturated heterocycles. The number of H-pyrrole nitrogens is 1. The van der Waals surface area contributed by atoms with E-state index in [1.807, 2.05) is 31.2 Å². The van der Waals surface area contributed by atoms with Gasteiger partial charge in [0.25, 0.3) is 0 Å². The Labute approximate surface area is 157 Å². The number of carbonyl (C=O) groups is 2. The maximum absolute atomic E-state index is 12.7. The SMILES string of the molecule is COc1cccc(N2C[C@H](NC(=O)N3CCc4nc(C)[nH]c4C3)CC2=O)c1. The van der Waals surface area contributed by atoms with Crippen LogP contribution in [0.4, 0.5) is 10.5 Å². The summed E-state index contributed by atoms with van der Waals surface area (Å²) in [6, 6.07) is 7.04. The molecule has 8 nitrogen and oxygen atoms in total. The number of aromatic nitrogens is 2. The maximum Gasteiger partial charge on any atom is 0.318 e. The lowest BCUT2D eigenvalue weighted by Gasteiger charge is -2.27. The van der Waals surface area contributed by atoms with Gasteiger partial charge in [-0.25, -0.2) is 9.78 Å². The van der Waals surface area contributed by atoms with Gasteiger partial charge in [-0.05, 0) is 19.1 Å². The topological polar surface area (TPSA) is 90.6 Å². The molecular formula is C19H23N5O3. The lowest BCUT2D eigenvalue weighted by atomic mass is 10.1. The van der Waals surface area contributed by atoms with Gasteiger partial charge in [-0.3, -0.25) is 4.79 Å². The van der Waals surface area contributed by atoms with Crippen molar-refractivity contribution in [3.8, 4) is 5.75 Å². The summed E-state index contributed by atoms with van der Waals surface area (Å²) in [6.45, 7) is 3.52. The Balaban J connectivity index is 1.39. The molecular weight excluding hydrogens is 346 g/mol. The molecule has 1 aromatic carbocycles. The monoisotopic (exact) mass is 369 g/mol. The number of nitrogens with zero attached hydrogens (tertiary/aromatic N) is 3. The number of urea groups is 1. The molecule has 142 valence electrons. The quantitative estimate of drug-likeness (QED) is 0.860. The van der Waals surface area contributed by atoms with Crippen molar-refractivity contribution in [2.24, 2.45) is 0 Å². The third kappa shape index (κ3) is 3.47. The van der Waals surface area contributed by atoms with Crippen LogP contribution in [-0.2, 0) is 17.8 Å². The molecule has 1 aromatic heterocycles. The Morgan fingerprint density at radius 1 is 1.41 bits per heavy atom. The normalized spacial score (nSPS) is 19.2. The number of nitrogens with one attached hydrogen (secondary N) is 2. The van der Waals surface area contributed by atoms with Crippen molar-refractivity contribution in [2.45, 2.75) is 32.4 Å². The molecule has 27 heavy (non-hydrogen) atoms. The number of hydrogen-bond donors (Lipinski definition) is 2. The van der Waals surface area contributed by atoms with E-state index in [9.17, 15) is 9.59 Å². The number of imidazole rings is 1. The molecule has 2 N–H and O–H groups in total. The molecule has 0 spiro atoms. The van der Waals surface area contributed by atoms with Crippen LogP contribution in [0.3, 0.4) is 0 Å². The molecule has 0 radical (unpaired) electrons. The molecule has 1 atom stereocenters. The molecule has 0 aliphatic carbocycles. The highest BCUT2D eigenvalue weighted by Crippen LogP contribution is 2.25. The third-order valence-electron chi connectivity index (χ3n) is 5.06. The van der Waals surface area contributed by atoms with Crippen LogP contribution in [0.25, 0.3) is 0 Å². The summed E-state index contributed by atoms with van der Waals surface area (Å²) in [5.74, 6) is 1.57. The average molecular weight is 369 g/mol. The number of aromatic amines is 1. The van der Waals surface area contributed by atoms with E-state index in [2.05, 4.69) is 15.3 Å². The van der Waals surface area contributed by atoms with Gasteiger partial charge in [0.15, 0.2) is 0 Å². The van der Waals surface area contributed by atoms with Gasteiger partial charge in [0.2, 0.25) is 5.91 Å². The summed E-state index contributed by atoms with van der Waals surface area (Å²) < 4.78 is 5.23. The van der Waals surface area contributed by atoms with Crippen LogP contribution in [-0.4, -0.2) is 53.0 Å². The molecule has 2 aromatic rings. The Morgan fingerprint density at radius 2 is 2.26 bits per heavy atom. The first kappa shape index (κ1) is 17.4. The predicted octanol–water partition coefficient (Wildman–Crippen LogP) is 1.60. The predicted molar refractivity (Wildman–Crippen MR) is 99.7 cm³/mol. The Hall–Kier alpha value is -3.03. The fraction of sp³-hybridized carbons (Fsp3) is 0.421. The van der Waals surface area contributed by atoms with Crippen molar-refractivity contribution in [2.75, 3.05) is 25.1 Å². The first-order valence-corrected chi connectivity index (χ1v) is 9.07. The highest BCUT2D eigenvalue weighted by atomic mass is 16.5. The summed E-state index contributed by atoms with van der Waals surface area (Å²) in [5, 5.41) is 3.00. The molecule has 3 amide bonds. The number of fused-ring (bicyclic) bond motifs is 1. The maximum atomic E-state index is 12.7. The second-order valence-electron chi connectivity index (χ2n) is 6.98. The molecule has 0 saturated carbocycles. The van der Waals surface area contributed by atoms with Gasteiger partial charge in [0.1, 0.15) is 11.6 Å². The Kier molecular flexibility index (Phi) is 4.47. The number of carbonyl (C=O) groups excluding carboxylic acids is 2. The number of anilines is 1. The fourth-order valence-electron chi connectivity index (χ4n) is 3.71. The van der Waals surface area contributed by atoms with Crippen LogP contribution >= 0.6 is 0 Å². The largest absolute Gasteiger partial charge is 0.497 e. The lowest BCUT2D eigenvalue weighted by Crippen LogP contribution is -2.47. The zero-order valence-corrected chi connectivity index (χ0v) is 15.5. The van der Waals surface area contributed by atoms with Gasteiger partial charge in [0, 0.05) is 37.7 Å². The average Bonchev–Trinajstić information content (AvgIpc) is 3.22. The summed E-state index contributed by atoms with van der Waals surface area (Å²) in [5.41, 5.74) is 2.82. The van der Waals surface area contributed by atoms with Gasteiger partial charge < -0.3 is 24.8 Å².